The van der Waals surface area contributed by atoms with E-state index >= 15 is 0 Å². The summed E-state index contributed by atoms with van der Waals surface area (Å²) in [6, 6.07) is 29.3. The molecule has 0 N–H and O–H groups in total. The monoisotopic (exact) mass is 532 g/mol. The van der Waals surface area contributed by atoms with E-state index in [0.29, 0.717) is 6.61 Å². The van der Waals surface area contributed by atoms with E-state index in [1.165, 1.54) is 10.4 Å². The molecule has 3 atom stereocenters. The zero-order chi connectivity index (χ0) is 26.5. The van der Waals surface area contributed by atoms with E-state index in [-0.39, 0.29) is 11.1 Å². The molecule has 0 unspecified atom stereocenters. The average molecular weight is 533 g/mol. The van der Waals surface area contributed by atoms with Gasteiger partial charge >= 0.3 is 0 Å². The number of rotatable bonds is 11. The van der Waals surface area contributed by atoms with E-state index in [4.69, 9.17) is 9.16 Å². The molecule has 3 aromatic carbocycles. The zero-order valence-electron chi connectivity index (χ0n) is 22.8. The lowest BCUT2D eigenvalue weighted by atomic mass is 10.1. The second-order valence-electron chi connectivity index (χ2n) is 10.9. The predicted octanol–water partition coefficient (Wildman–Crippen LogP) is 6.52. The summed E-state index contributed by atoms with van der Waals surface area (Å²) in [4.78, 5) is 0.0290. The van der Waals surface area contributed by atoms with E-state index in [1.807, 2.05) is 43.3 Å². The molecule has 0 aliphatic carbocycles. The number of hydrogen-bond donors (Lipinski definition) is 0. The Kier molecular flexibility index (Phi) is 8.69. The summed E-state index contributed by atoms with van der Waals surface area (Å²) in [6.45, 7) is 11.5. The third-order valence-electron chi connectivity index (χ3n) is 7.23. The minimum Gasteiger partial charge on any atom is -0.404 e. The Balaban J connectivity index is 1.63. The summed E-state index contributed by atoms with van der Waals surface area (Å²) in [5, 5.41) is 2.41. The van der Waals surface area contributed by atoms with Crippen LogP contribution in [0.15, 0.2) is 102 Å². The zero-order valence-corrected chi connectivity index (χ0v) is 24.6. The van der Waals surface area contributed by atoms with Crippen molar-refractivity contribution in [1.82, 2.24) is 0 Å². The van der Waals surface area contributed by atoms with Crippen LogP contribution in [-0.2, 0) is 20.0 Å². The molecule has 0 amide bonds. The molecule has 196 valence electrons. The summed E-state index contributed by atoms with van der Waals surface area (Å²) in [5.41, 5.74) is 1.16. The Labute approximate surface area is 226 Å². The van der Waals surface area contributed by atoms with Crippen LogP contribution in [-0.4, -0.2) is 30.2 Å². The molecule has 0 saturated carbocycles. The quantitative estimate of drug-likeness (QED) is 0.160. The normalized spacial score (nSPS) is 20.7. The van der Waals surface area contributed by atoms with Gasteiger partial charge in [0.2, 0.25) is 0 Å². The number of epoxide rings is 1. The van der Waals surface area contributed by atoms with Crippen LogP contribution in [0.25, 0.3) is 0 Å². The molecule has 37 heavy (non-hydrogen) atoms. The lowest BCUT2D eigenvalue weighted by Gasteiger charge is -2.42. The van der Waals surface area contributed by atoms with E-state index in [0.717, 1.165) is 29.7 Å². The van der Waals surface area contributed by atoms with Crippen molar-refractivity contribution >= 4 is 29.5 Å². The standard InChI is InChI=1S/C32H40O3SSi/c1-6-7-19-30-32(35-30,36(33)27-22-20-26(2)21-23-27)24-14-25-34-37(31(3,4)5,28-15-10-8-11-16-28)29-17-12-9-13-18-29/h8-18,20-24,30H,6-7,19,25H2,1-5H3/b24-14+/t30-,32-,36-/m0/s1. The van der Waals surface area contributed by atoms with Crippen LogP contribution >= 0.6 is 0 Å². The topological polar surface area (TPSA) is 38.8 Å². The Morgan fingerprint density at radius 1 is 0.946 bits per heavy atom. The minimum atomic E-state index is -2.63. The fraction of sp³-hybridized carbons (Fsp3) is 0.375. The van der Waals surface area contributed by atoms with Crippen LogP contribution in [0.4, 0.5) is 0 Å². The van der Waals surface area contributed by atoms with Crippen molar-refractivity contribution < 1.29 is 13.4 Å². The third kappa shape index (κ3) is 5.75. The van der Waals surface area contributed by atoms with Crippen molar-refractivity contribution in [3.8, 4) is 0 Å². The first kappa shape index (κ1) is 27.7. The molecule has 1 saturated heterocycles. The maximum atomic E-state index is 13.7. The molecule has 4 rings (SSSR count). The first-order valence-corrected chi connectivity index (χ1v) is 16.4. The molecule has 1 fully saturated rings. The van der Waals surface area contributed by atoms with Crippen LogP contribution in [0.1, 0.15) is 52.5 Å². The van der Waals surface area contributed by atoms with Crippen LogP contribution < -0.4 is 10.4 Å². The molecule has 1 heterocycles. The fourth-order valence-electron chi connectivity index (χ4n) is 5.20. The lowest BCUT2D eigenvalue weighted by molar-refractivity contribution is 0.336. The van der Waals surface area contributed by atoms with E-state index in [2.05, 4.69) is 88.4 Å². The van der Waals surface area contributed by atoms with Gasteiger partial charge in [-0.2, -0.15) is 0 Å². The molecule has 0 bridgehead atoms. The van der Waals surface area contributed by atoms with Crippen molar-refractivity contribution in [1.29, 1.82) is 0 Å². The van der Waals surface area contributed by atoms with Crippen LogP contribution in [0.2, 0.25) is 5.04 Å². The van der Waals surface area contributed by atoms with E-state index in [9.17, 15) is 4.21 Å². The predicted molar refractivity (Wildman–Crippen MR) is 157 cm³/mol. The molecule has 3 aromatic rings. The molecule has 3 nitrogen and oxygen atoms in total. The van der Waals surface area contributed by atoms with Crippen LogP contribution in [0.3, 0.4) is 0 Å². The summed E-state index contributed by atoms with van der Waals surface area (Å²) < 4.78 is 26.9. The molecular formula is C32H40O3SSi. The summed E-state index contributed by atoms with van der Waals surface area (Å²) in [7, 11) is -3.92. The average Bonchev–Trinajstić information content (AvgIpc) is 3.62. The smallest absolute Gasteiger partial charge is 0.261 e. The largest absolute Gasteiger partial charge is 0.404 e. The molecule has 0 spiro atoms. The van der Waals surface area contributed by atoms with Gasteiger partial charge < -0.3 is 9.16 Å². The van der Waals surface area contributed by atoms with Crippen molar-refractivity contribution in [3.05, 3.63) is 103 Å². The highest BCUT2D eigenvalue weighted by Gasteiger charge is 2.59. The van der Waals surface area contributed by atoms with Gasteiger partial charge in [-0.15, -0.1) is 0 Å². The maximum absolute atomic E-state index is 13.7. The van der Waals surface area contributed by atoms with Gasteiger partial charge in [-0.05, 0) is 47.0 Å². The molecular weight excluding hydrogens is 493 g/mol. The SMILES string of the molecule is CCCC[C@@H]1O[C@@]1(/C=C/CO[Si](c1ccccc1)(c1ccccc1)C(C)(C)C)[S@@](=O)c1ccc(C)cc1. The number of hydrogen-bond acceptors (Lipinski definition) is 3. The maximum Gasteiger partial charge on any atom is 0.261 e. The summed E-state index contributed by atoms with van der Waals surface area (Å²) in [6.07, 6.45) is 7.09. The van der Waals surface area contributed by atoms with E-state index < -0.39 is 24.1 Å². The lowest BCUT2D eigenvalue weighted by Crippen LogP contribution is -2.66. The van der Waals surface area contributed by atoms with Crippen molar-refractivity contribution in [2.75, 3.05) is 6.61 Å². The molecule has 1 aliphatic heterocycles. The Morgan fingerprint density at radius 3 is 2.03 bits per heavy atom. The van der Waals surface area contributed by atoms with Gasteiger partial charge in [-0.25, -0.2) is 0 Å². The summed E-state index contributed by atoms with van der Waals surface area (Å²) >= 11 is 0. The minimum absolute atomic E-state index is 0.0290. The second-order valence-corrected chi connectivity index (χ2v) is 16.9. The Bertz CT molecular complexity index is 1160. The van der Waals surface area contributed by atoms with Gasteiger partial charge in [0, 0.05) is 4.90 Å². The van der Waals surface area contributed by atoms with Gasteiger partial charge in [0.1, 0.15) is 6.10 Å². The van der Waals surface area contributed by atoms with Crippen molar-refractivity contribution in [3.63, 3.8) is 0 Å². The van der Waals surface area contributed by atoms with Gasteiger partial charge in [-0.1, -0.05) is 125 Å². The van der Waals surface area contributed by atoms with Crippen LogP contribution in [0, 0.1) is 6.92 Å². The second kappa shape index (κ2) is 11.6. The highest BCUT2D eigenvalue weighted by molar-refractivity contribution is 7.86. The Morgan fingerprint density at radius 2 is 1.51 bits per heavy atom. The van der Waals surface area contributed by atoms with E-state index in [1.54, 1.807) is 0 Å². The highest BCUT2D eigenvalue weighted by atomic mass is 32.2. The first-order chi connectivity index (χ1) is 17.7. The number of benzene rings is 3. The Hall–Kier alpha value is -2.31. The molecule has 5 heteroatoms. The van der Waals surface area contributed by atoms with Crippen molar-refractivity contribution in [2.45, 2.75) is 74.9 Å². The van der Waals surface area contributed by atoms with Gasteiger partial charge in [-0.3, -0.25) is 4.21 Å². The number of aryl methyl sites for hydroxylation is 1. The summed E-state index contributed by atoms with van der Waals surface area (Å²) in [5.74, 6) is 0. The molecule has 1 aliphatic rings. The van der Waals surface area contributed by atoms with Crippen LogP contribution in [0.5, 0.6) is 0 Å². The molecule has 0 aromatic heterocycles. The fourth-order valence-corrected chi connectivity index (χ4v) is 11.2. The van der Waals surface area contributed by atoms with Gasteiger partial charge in [0.25, 0.3) is 8.32 Å². The van der Waals surface area contributed by atoms with Crippen molar-refractivity contribution in [2.24, 2.45) is 0 Å². The number of ether oxygens (including phenoxy) is 1. The highest BCUT2D eigenvalue weighted by Crippen LogP contribution is 2.46. The molecule has 0 radical (unpaired) electrons. The van der Waals surface area contributed by atoms with Gasteiger partial charge in [0.15, 0.2) is 4.93 Å². The van der Waals surface area contributed by atoms with Gasteiger partial charge in [0.05, 0.1) is 17.4 Å². The third-order valence-corrected chi connectivity index (χ3v) is 14.0. The first-order valence-electron chi connectivity index (χ1n) is 13.3. The number of unbranched alkanes of at least 4 members (excludes halogenated alkanes) is 1.